The van der Waals surface area contributed by atoms with E-state index in [1.54, 1.807) is 0 Å². The van der Waals surface area contributed by atoms with Gasteiger partial charge in [-0.15, -0.1) is 24.0 Å². The van der Waals surface area contributed by atoms with E-state index >= 15 is 0 Å². The van der Waals surface area contributed by atoms with Crippen LogP contribution in [0.25, 0.3) is 0 Å². The normalized spacial score (nSPS) is 21.2. The first kappa shape index (κ1) is 23.2. The highest BCUT2D eigenvalue weighted by molar-refractivity contribution is 14.0. The third-order valence-electron chi connectivity index (χ3n) is 5.01. The SMILES string of the molecule is CCNC(=NCCc1cc(Cl)ccc1Br)N1CCC(N2CCOCC2)C1.I. The predicted molar refractivity (Wildman–Crippen MR) is 127 cm³/mol. The Morgan fingerprint density at radius 2 is 2.11 bits per heavy atom. The minimum Gasteiger partial charge on any atom is -0.379 e. The summed E-state index contributed by atoms with van der Waals surface area (Å²) in [6.45, 7) is 9.70. The average Bonchev–Trinajstić information content (AvgIpc) is 3.14. The number of guanidine groups is 1. The van der Waals surface area contributed by atoms with Gasteiger partial charge in [0.1, 0.15) is 0 Å². The molecule has 0 aromatic heterocycles. The molecule has 0 bridgehead atoms. The highest BCUT2D eigenvalue weighted by Gasteiger charge is 2.30. The minimum atomic E-state index is 0. The number of morpholine rings is 1. The van der Waals surface area contributed by atoms with E-state index in [1.165, 1.54) is 12.0 Å². The van der Waals surface area contributed by atoms with Gasteiger partial charge in [-0.05, 0) is 43.5 Å². The third kappa shape index (κ3) is 6.73. The molecule has 8 heteroatoms. The van der Waals surface area contributed by atoms with Crippen LogP contribution >= 0.6 is 51.5 Å². The van der Waals surface area contributed by atoms with E-state index in [4.69, 9.17) is 21.3 Å². The summed E-state index contributed by atoms with van der Waals surface area (Å²) in [5.74, 6) is 1.03. The summed E-state index contributed by atoms with van der Waals surface area (Å²) < 4.78 is 6.57. The molecule has 0 spiro atoms. The summed E-state index contributed by atoms with van der Waals surface area (Å²) in [4.78, 5) is 9.83. The lowest BCUT2D eigenvalue weighted by Crippen LogP contribution is -2.46. The minimum absolute atomic E-state index is 0. The Morgan fingerprint density at radius 1 is 1.33 bits per heavy atom. The molecule has 152 valence electrons. The number of likely N-dealkylation sites (tertiary alicyclic amines) is 1. The second-order valence-corrected chi connectivity index (χ2v) is 8.05. The molecule has 1 N–H and O–H groups in total. The molecule has 1 aromatic carbocycles. The summed E-state index contributed by atoms with van der Waals surface area (Å²) in [7, 11) is 0. The Kier molecular flexibility index (Phi) is 10.1. The summed E-state index contributed by atoms with van der Waals surface area (Å²) in [5.41, 5.74) is 1.20. The van der Waals surface area contributed by atoms with E-state index in [1.807, 2.05) is 18.2 Å². The van der Waals surface area contributed by atoms with Crippen LogP contribution in [-0.2, 0) is 11.2 Å². The predicted octanol–water partition coefficient (Wildman–Crippen LogP) is 3.64. The molecular weight excluding hydrogens is 542 g/mol. The standard InChI is InChI=1S/C19H28BrClN4O.HI/c1-2-22-19(23-7-5-15-13-16(21)3-4-18(15)20)25-8-6-17(14-25)24-9-11-26-12-10-24;/h3-4,13,17H,2,5-12,14H2,1H3,(H,22,23);1H. The number of nitrogens with zero attached hydrogens (tertiary/aromatic N) is 3. The Hall–Kier alpha value is -0.0900. The maximum Gasteiger partial charge on any atom is 0.193 e. The van der Waals surface area contributed by atoms with Crippen molar-refractivity contribution < 1.29 is 4.74 Å². The largest absolute Gasteiger partial charge is 0.379 e. The first-order valence-corrected chi connectivity index (χ1v) is 10.6. The Bertz CT molecular complexity index is 628. The van der Waals surface area contributed by atoms with Crippen molar-refractivity contribution in [2.24, 2.45) is 4.99 Å². The van der Waals surface area contributed by atoms with Crippen molar-refractivity contribution in [2.45, 2.75) is 25.8 Å². The molecular formula is C19H29BrClIN4O. The Labute approximate surface area is 193 Å². The van der Waals surface area contributed by atoms with Gasteiger partial charge in [0.2, 0.25) is 0 Å². The Morgan fingerprint density at radius 3 is 2.85 bits per heavy atom. The van der Waals surface area contributed by atoms with Crippen molar-refractivity contribution in [3.05, 3.63) is 33.3 Å². The first-order chi connectivity index (χ1) is 12.7. The fourth-order valence-corrected chi connectivity index (χ4v) is 4.26. The summed E-state index contributed by atoms with van der Waals surface area (Å²) in [5, 5.41) is 4.23. The van der Waals surface area contributed by atoms with Crippen LogP contribution < -0.4 is 5.32 Å². The van der Waals surface area contributed by atoms with Crippen molar-refractivity contribution >= 4 is 57.5 Å². The molecule has 0 amide bonds. The van der Waals surface area contributed by atoms with Gasteiger partial charge in [-0.2, -0.15) is 0 Å². The lowest BCUT2D eigenvalue weighted by Gasteiger charge is -2.32. The highest BCUT2D eigenvalue weighted by atomic mass is 127. The van der Waals surface area contributed by atoms with Gasteiger partial charge >= 0.3 is 0 Å². The first-order valence-electron chi connectivity index (χ1n) is 9.46. The van der Waals surface area contributed by atoms with Gasteiger partial charge in [-0.3, -0.25) is 9.89 Å². The maximum atomic E-state index is 6.11. The van der Waals surface area contributed by atoms with Gasteiger partial charge in [0.25, 0.3) is 0 Å². The molecule has 2 saturated heterocycles. The number of hydrogen-bond acceptors (Lipinski definition) is 3. The molecule has 0 aliphatic carbocycles. The van der Waals surface area contributed by atoms with Crippen LogP contribution in [0.5, 0.6) is 0 Å². The quantitative estimate of drug-likeness (QED) is 0.333. The van der Waals surface area contributed by atoms with Crippen molar-refractivity contribution in [1.29, 1.82) is 0 Å². The van der Waals surface area contributed by atoms with E-state index in [2.05, 4.69) is 38.0 Å². The second kappa shape index (κ2) is 11.8. The zero-order valence-corrected chi connectivity index (χ0v) is 20.5. The lowest BCUT2D eigenvalue weighted by atomic mass is 10.1. The average molecular weight is 572 g/mol. The number of rotatable bonds is 5. The van der Waals surface area contributed by atoms with Crippen LogP contribution in [0.1, 0.15) is 18.9 Å². The molecule has 0 saturated carbocycles. The number of nitrogens with one attached hydrogen (secondary N) is 1. The third-order valence-corrected chi connectivity index (χ3v) is 6.02. The van der Waals surface area contributed by atoms with Crippen LogP contribution in [0.4, 0.5) is 0 Å². The van der Waals surface area contributed by atoms with Crippen molar-refractivity contribution in [3.8, 4) is 0 Å². The van der Waals surface area contributed by atoms with Crippen molar-refractivity contribution in [2.75, 3.05) is 52.5 Å². The highest BCUT2D eigenvalue weighted by Crippen LogP contribution is 2.22. The molecule has 0 radical (unpaired) electrons. The summed E-state index contributed by atoms with van der Waals surface area (Å²) >= 11 is 9.71. The molecule has 5 nitrogen and oxygen atoms in total. The van der Waals surface area contributed by atoms with Crippen LogP contribution in [0.15, 0.2) is 27.7 Å². The molecule has 1 aromatic rings. The number of aliphatic imine (C=N–C) groups is 1. The van der Waals surface area contributed by atoms with Gasteiger partial charge in [0.15, 0.2) is 5.96 Å². The van der Waals surface area contributed by atoms with Crippen LogP contribution in [0, 0.1) is 0 Å². The van der Waals surface area contributed by atoms with E-state index < -0.39 is 0 Å². The number of halogens is 3. The number of ether oxygens (including phenoxy) is 1. The monoisotopic (exact) mass is 570 g/mol. The van der Waals surface area contributed by atoms with E-state index in [0.717, 1.165) is 74.4 Å². The molecule has 2 aliphatic heterocycles. The molecule has 3 rings (SSSR count). The van der Waals surface area contributed by atoms with Crippen LogP contribution in [-0.4, -0.2) is 74.3 Å². The van der Waals surface area contributed by atoms with E-state index in [9.17, 15) is 0 Å². The molecule has 2 fully saturated rings. The zero-order chi connectivity index (χ0) is 18.4. The Balaban J connectivity index is 0.00000261. The fraction of sp³-hybridized carbons (Fsp3) is 0.632. The van der Waals surface area contributed by atoms with Crippen LogP contribution in [0.2, 0.25) is 5.02 Å². The van der Waals surface area contributed by atoms with Crippen LogP contribution in [0.3, 0.4) is 0 Å². The lowest BCUT2D eigenvalue weighted by molar-refractivity contribution is 0.0195. The molecule has 27 heavy (non-hydrogen) atoms. The van der Waals surface area contributed by atoms with Gasteiger partial charge in [0.05, 0.1) is 13.2 Å². The zero-order valence-electron chi connectivity index (χ0n) is 15.8. The van der Waals surface area contributed by atoms with Gasteiger partial charge in [-0.1, -0.05) is 27.5 Å². The second-order valence-electron chi connectivity index (χ2n) is 6.76. The fourth-order valence-electron chi connectivity index (χ4n) is 3.62. The van der Waals surface area contributed by atoms with Gasteiger partial charge in [0, 0.05) is 54.8 Å². The molecule has 2 aliphatic rings. The van der Waals surface area contributed by atoms with Gasteiger partial charge in [-0.25, -0.2) is 0 Å². The van der Waals surface area contributed by atoms with Gasteiger partial charge < -0.3 is 15.0 Å². The molecule has 2 heterocycles. The number of benzene rings is 1. The number of hydrogen-bond donors (Lipinski definition) is 1. The summed E-state index contributed by atoms with van der Waals surface area (Å²) in [6, 6.07) is 6.53. The molecule has 1 atom stereocenters. The topological polar surface area (TPSA) is 40.1 Å². The van der Waals surface area contributed by atoms with E-state index in [0.29, 0.717) is 6.04 Å². The van der Waals surface area contributed by atoms with E-state index in [-0.39, 0.29) is 24.0 Å². The molecule has 1 unspecified atom stereocenters. The van der Waals surface area contributed by atoms with Crippen molar-refractivity contribution in [3.63, 3.8) is 0 Å². The van der Waals surface area contributed by atoms with Crippen molar-refractivity contribution in [1.82, 2.24) is 15.1 Å². The smallest absolute Gasteiger partial charge is 0.193 e. The summed E-state index contributed by atoms with van der Waals surface area (Å²) in [6.07, 6.45) is 2.07. The maximum absolute atomic E-state index is 6.11.